The van der Waals surface area contributed by atoms with E-state index in [1.54, 1.807) is 6.07 Å². The van der Waals surface area contributed by atoms with Crippen LogP contribution in [0.1, 0.15) is 5.76 Å². The standard InChI is InChI=1S/C15H9BrCl2N2O/c1-8-6-7-11(21-8)15-19-13(17)12(14(18)20-15)9-4-2-3-5-10(9)16/h2-7H,1H3. The highest BCUT2D eigenvalue weighted by atomic mass is 79.9. The van der Waals surface area contributed by atoms with Gasteiger partial charge in [-0.05, 0) is 25.1 Å². The van der Waals surface area contributed by atoms with Crippen molar-refractivity contribution in [3.05, 3.63) is 56.9 Å². The molecule has 0 saturated carbocycles. The first-order valence-corrected chi connectivity index (χ1v) is 7.66. The zero-order chi connectivity index (χ0) is 15.0. The molecular weight excluding hydrogens is 375 g/mol. The summed E-state index contributed by atoms with van der Waals surface area (Å²) in [7, 11) is 0. The van der Waals surface area contributed by atoms with Gasteiger partial charge < -0.3 is 4.42 Å². The molecule has 0 fully saturated rings. The largest absolute Gasteiger partial charge is 0.458 e. The summed E-state index contributed by atoms with van der Waals surface area (Å²) in [5, 5.41) is 0.567. The zero-order valence-corrected chi connectivity index (χ0v) is 14.0. The van der Waals surface area contributed by atoms with Gasteiger partial charge in [-0.25, -0.2) is 9.97 Å². The number of hydrogen-bond donors (Lipinski definition) is 0. The van der Waals surface area contributed by atoms with Crippen molar-refractivity contribution in [2.75, 3.05) is 0 Å². The molecule has 2 aromatic heterocycles. The maximum absolute atomic E-state index is 6.30. The Morgan fingerprint density at radius 1 is 1.00 bits per heavy atom. The molecule has 0 saturated heterocycles. The summed E-state index contributed by atoms with van der Waals surface area (Å²) in [6.45, 7) is 1.85. The van der Waals surface area contributed by atoms with Crippen LogP contribution in [0.25, 0.3) is 22.7 Å². The molecule has 0 radical (unpaired) electrons. The van der Waals surface area contributed by atoms with Crippen LogP contribution in [0.2, 0.25) is 10.3 Å². The van der Waals surface area contributed by atoms with E-state index in [1.165, 1.54) is 0 Å². The summed E-state index contributed by atoms with van der Waals surface area (Å²) < 4.78 is 6.37. The number of furan rings is 1. The molecule has 0 spiro atoms. The van der Waals surface area contributed by atoms with Gasteiger partial charge in [-0.2, -0.15) is 0 Å². The van der Waals surface area contributed by atoms with Gasteiger partial charge in [-0.15, -0.1) is 0 Å². The average Bonchev–Trinajstić information content (AvgIpc) is 2.87. The van der Waals surface area contributed by atoms with Gasteiger partial charge in [0.05, 0.1) is 5.56 Å². The lowest BCUT2D eigenvalue weighted by Crippen LogP contribution is -1.94. The molecule has 0 aliphatic heterocycles. The van der Waals surface area contributed by atoms with E-state index in [4.69, 9.17) is 27.6 Å². The molecule has 21 heavy (non-hydrogen) atoms. The number of hydrogen-bond acceptors (Lipinski definition) is 3. The van der Waals surface area contributed by atoms with Crippen LogP contribution in [0.3, 0.4) is 0 Å². The van der Waals surface area contributed by atoms with E-state index in [9.17, 15) is 0 Å². The lowest BCUT2D eigenvalue weighted by molar-refractivity contribution is 0.544. The van der Waals surface area contributed by atoms with E-state index < -0.39 is 0 Å². The van der Waals surface area contributed by atoms with Crippen LogP contribution in [0.4, 0.5) is 0 Å². The molecule has 0 bridgehead atoms. The summed E-state index contributed by atoms with van der Waals surface area (Å²) in [6, 6.07) is 11.2. The van der Waals surface area contributed by atoms with Crippen LogP contribution < -0.4 is 0 Å². The third-order valence-electron chi connectivity index (χ3n) is 2.92. The van der Waals surface area contributed by atoms with Gasteiger partial charge in [-0.1, -0.05) is 57.3 Å². The predicted octanol–water partition coefficient (Wildman–Crippen LogP) is 5.78. The minimum Gasteiger partial charge on any atom is -0.458 e. The van der Waals surface area contributed by atoms with Crippen molar-refractivity contribution in [3.63, 3.8) is 0 Å². The minimum absolute atomic E-state index is 0.283. The Bertz CT molecular complexity index is 794. The quantitative estimate of drug-likeness (QED) is 0.526. The maximum atomic E-state index is 6.30. The van der Waals surface area contributed by atoms with Gasteiger partial charge in [0.25, 0.3) is 0 Å². The van der Waals surface area contributed by atoms with E-state index in [-0.39, 0.29) is 10.3 Å². The molecule has 3 rings (SSSR count). The average molecular weight is 384 g/mol. The second-order valence-corrected chi connectivity index (χ2v) is 5.96. The molecule has 3 aromatic rings. The highest BCUT2D eigenvalue weighted by Gasteiger charge is 2.17. The Hall–Kier alpha value is -1.36. The van der Waals surface area contributed by atoms with E-state index in [0.717, 1.165) is 15.8 Å². The number of benzene rings is 1. The van der Waals surface area contributed by atoms with Crippen molar-refractivity contribution >= 4 is 39.1 Å². The smallest absolute Gasteiger partial charge is 0.198 e. The Kier molecular flexibility index (Phi) is 4.02. The first-order valence-electron chi connectivity index (χ1n) is 6.11. The molecular formula is C15H9BrCl2N2O. The topological polar surface area (TPSA) is 38.9 Å². The molecule has 0 unspecified atom stereocenters. The van der Waals surface area contributed by atoms with Crippen LogP contribution in [-0.2, 0) is 0 Å². The first kappa shape index (κ1) is 14.6. The van der Waals surface area contributed by atoms with Crippen LogP contribution >= 0.6 is 39.1 Å². The van der Waals surface area contributed by atoms with Crippen LogP contribution in [0.15, 0.2) is 45.3 Å². The van der Waals surface area contributed by atoms with Crippen molar-refractivity contribution in [2.24, 2.45) is 0 Å². The zero-order valence-electron chi connectivity index (χ0n) is 10.9. The van der Waals surface area contributed by atoms with E-state index >= 15 is 0 Å². The number of halogens is 3. The van der Waals surface area contributed by atoms with Gasteiger partial charge in [0, 0.05) is 10.0 Å². The van der Waals surface area contributed by atoms with Gasteiger partial charge in [0.1, 0.15) is 16.1 Å². The fraction of sp³-hybridized carbons (Fsp3) is 0.0667. The summed E-state index contributed by atoms with van der Waals surface area (Å²) in [5.74, 6) is 1.68. The SMILES string of the molecule is Cc1ccc(-c2nc(Cl)c(-c3ccccc3Br)c(Cl)n2)o1. The van der Waals surface area contributed by atoms with Gasteiger partial charge in [-0.3, -0.25) is 0 Å². The molecule has 2 heterocycles. The van der Waals surface area contributed by atoms with Crippen molar-refractivity contribution in [1.82, 2.24) is 9.97 Å². The monoisotopic (exact) mass is 382 g/mol. The molecule has 1 aromatic carbocycles. The van der Waals surface area contributed by atoms with E-state index in [0.29, 0.717) is 17.1 Å². The fourth-order valence-electron chi connectivity index (χ4n) is 1.96. The minimum atomic E-state index is 0.283. The highest BCUT2D eigenvalue weighted by molar-refractivity contribution is 9.10. The Labute approximate surface area is 140 Å². The van der Waals surface area contributed by atoms with Gasteiger partial charge in [0.15, 0.2) is 11.6 Å². The first-order chi connectivity index (χ1) is 10.1. The van der Waals surface area contributed by atoms with Crippen molar-refractivity contribution in [3.8, 4) is 22.7 Å². The molecule has 0 aliphatic rings. The van der Waals surface area contributed by atoms with E-state index in [1.807, 2.05) is 37.3 Å². The van der Waals surface area contributed by atoms with Crippen molar-refractivity contribution < 1.29 is 4.42 Å². The van der Waals surface area contributed by atoms with Crippen LogP contribution in [-0.4, -0.2) is 9.97 Å². The molecule has 0 atom stereocenters. The number of aromatic nitrogens is 2. The lowest BCUT2D eigenvalue weighted by atomic mass is 10.1. The van der Waals surface area contributed by atoms with Crippen molar-refractivity contribution in [2.45, 2.75) is 6.92 Å². The maximum Gasteiger partial charge on any atom is 0.198 e. The van der Waals surface area contributed by atoms with Crippen molar-refractivity contribution in [1.29, 1.82) is 0 Å². The Morgan fingerprint density at radius 2 is 1.67 bits per heavy atom. The van der Waals surface area contributed by atoms with Gasteiger partial charge >= 0.3 is 0 Å². The number of aryl methyl sites for hydroxylation is 1. The normalized spacial score (nSPS) is 10.9. The molecule has 106 valence electrons. The van der Waals surface area contributed by atoms with Crippen LogP contribution in [0, 0.1) is 6.92 Å². The number of nitrogens with zero attached hydrogens (tertiary/aromatic N) is 2. The predicted molar refractivity (Wildman–Crippen MR) is 87.6 cm³/mol. The summed E-state index contributed by atoms with van der Waals surface area (Å²) in [5.41, 5.74) is 1.44. The summed E-state index contributed by atoms with van der Waals surface area (Å²) in [6.07, 6.45) is 0. The Balaban J connectivity index is 2.15. The second kappa shape index (κ2) is 5.79. The molecule has 6 heteroatoms. The fourth-order valence-corrected chi connectivity index (χ4v) is 3.03. The third kappa shape index (κ3) is 2.84. The third-order valence-corrected chi connectivity index (χ3v) is 4.16. The number of rotatable bonds is 2. The summed E-state index contributed by atoms with van der Waals surface area (Å²) in [4.78, 5) is 8.58. The lowest BCUT2D eigenvalue weighted by Gasteiger charge is -2.09. The van der Waals surface area contributed by atoms with Gasteiger partial charge in [0.2, 0.25) is 0 Å². The molecule has 0 amide bonds. The Morgan fingerprint density at radius 3 is 2.24 bits per heavy atom. The molecule has 3 nitrogen and oxygen atoms in total. The highest BCUT2D eigenvalue weighted by Crippen LogP contribution is 2.37. The second-order valence-electron chi connectivity index (χ2n) is 4.39. The van der Waals surface area contributed by atoms with Crippen LogP contribution in [0.5, 0.6) is 0 Å². The van der Waals surface area contributed by atoms with E-state index in [2.05, 4.69) is 25.9 Å². The molecule has 0 N–H and O–H groups in total. The summed E-state index contributed by atoms with van der Waals surface area (Å²) >= 11 is 16.1. The molecule has 0 aliphatic carbocycles.